The minimum absolute atomic E-state index is 0.00440. The summed E-state index contributed by atoms with van der Waals surface area (Å²) in [5.74, 6) is 1.14. The fourth-order valence-electron chi connectivity index (χ4n) is 2.97. The first kappa shape index (κ1) is 12.3. The molecule has 1 saturated carbocycles. The Hall–Kier alpha value is -1.72. The summed E-state index contributed by atoms with van der Waals surface area (Å²) >= 11 is 0. The highest BCUT2D eigenvalue weighted by Gasteiger charge is 2.39. The van der Waals surface area contributed by atoms with E-state index in [1.807, 2.05) is 0 Å². The average Bonchev–Trinajstić information content (AvgIpc) is 3.04. The van der Waals surface area contributed by atoms with Gasteiger partial charge in [0.2, 0.25) is 5.91 Å². The normalized spacial score (nSPS) is 28.3. The van der Waals surface area contributed by atoms with Crippen molar-refractivity contribution in [3.8, 4) is 0 Å². The summed E-state index contributed by atoms with van der Waals surface area (Å²) in [7, 11) is 0. The molecule has 102 valence electrons. The first-order valence-electron chi connectivity index (χ1n) is 6.42. The molecule has 1 N–H and O–H groups in total. The van der Waals surface area contributed by atoms with E-state index in [9.17, 15) is 13.6 Å². The van der Waals surface area contributed by atoms with E-state index in [1.165, 1.54) is 6.20 Å². The number of carbonyl (C=O) groups excluding carboxylic acids is 1. The van der Waals surface area contributed by atoms with Gasteiger partial charge in [-0.3, -0.25) is 9.48 Å². The van der Waals surface area contributed by atoms with E-state index in [4.69, 9.17) is 0 Å². The molecule has 0 aromatic carbocycles. The van der Waals surface area contributed by atoms with E-state index in [2.05, 4.69) is 22.6 Å². The SMILES string of the molecule is O=C(Nc1ccn(CC(F)F)n1)[C@H]1C[C@H]2C=C[C@H]1C2. The first-order valence-corrected chi connectivity index (χ1v) is 6.42. The smallest absolute Gasteiger partial charge is 0.257 e. The van der Waals surface area contributed by atoms with E-state index in [1.54, 1.807) is 6.07 Å². The molecule has 2 aliphatic carbocycles. The number of alkyl halides is 2. The van der Waals surface area contributed by atoms with Crippen molar-refractivity contribution in [1.82, 2.24) is 9.78 Å². The average molecular weight is 267 g/mol. The van der Waals surface area contributed by atoms with Gasteiger partial charge in [-0.15, -0.1) is 0 Å². The van der Waals surface area contributed by atoms with Gasteiger partial charge < -0.3 is 5.32 Å². The Morgan fingerprint density at radius 1 is 1.47 bits per heavy atom. The molecular weight excluding hydrogens is 252 g/mol. The maximum Gasteiger partial charge on any atom is 0.257 e. The molecule has 1 fully saturated rings. The summed E-state index contributed by atoms with van der Waals surface area (Å²) in [6, 6.07) is 1.54. The summed E-state index contributed by atoms with van der Waals surface area (Å²) in [6.45, 7) is -0.452. The molecule has 4 nitrogen and oxygen atoms in total. The van der Waals surface area contributed by atoms with Crippen LogP contribution in [0.1, 0.15) is 12.8 Å². The van der Waals surface area contributed by atoms with Crippen LogP contribution in [0.2, 0.25) is 0 Å². The highest BCUT2D eigenvalue weighted by atomic mass is 19.3. The van der Waals surface area contributed by atoms with Gasteiger partial charge in [0.05, 0.1) is 0 Å². The van der Waals surface area contributed by atoms with Gasteiger partial charge in [-0.1, -0.05) is 12.2 Å². The van der Waals surface area contributed by atoms with Crippen molar-refractivity contribution in [2.45, 2.75) is 25.8 Å². The van der Waals surface area contributed by atoms with Crippen LogP contribution in [0.25, 0.3) is 0 Å². The standard InChI is InChI=1S/C13H15F2N3O/c14-11(15)7-18-4-3-12(17-18)16-13(19)10-6-8-1-2-9(10)5-8/h1-4,8-11H,5-7H2,(H,16,17,19)/t8-,9-,10-/m0/s1. The molecule has 0 radical (unpaired) electrons. The van der Waals surface area contributed by atoms with Crippen molar-refractivity contribution in [1.29, 1.82) is 0 Å². The maximum atomic E-state index is 12.2. The topological polar surface area (TPSA) is 46.9 Å². The van der Waals surface area contributed by atoms with E-state index in [-0.39, 0.29) is 11.8 Å². The second-order valence-corrected chi connectivity index (χ2v) is 5.19. The molecule has 3 atom stereocenters. The lowest BCUT2D eigenvalue weighted by atomic mass is 9.93. The number of allylic oxidation sites excluding steroid dienone is 2. The molecule has 0 saturated heterocycles. The van der Waals surface area contributed by atoms with Crippen molar-refractivity contribution in [2.24, 2.45) is 17.8 Å². The molecule has 0 spiro atoms. The second kappa shape index (κ2) is 4.75. The Kier molecular flexibility index (Phi) is 3.08. The Balaban J connectivity index is 1.60. The second-order valence-electron chi connectivity index (χ2n) is 5.19. The van der Waals surface area contributed by atoms with Crippen LogP contribution in [-0.4, -0.2) is 22.1 Å². The Bertz CT molecular complexity index is 512. The van der Waals surface area contributed by atoms with Crippen LogP contribution in [-0.2, 0) is 11.3 Å². The number of nitrogens with zero attached hydrogens (tertiary/aromatic N) is 2. The number of anilines is 1. The quantitative estimate of drug-likeness (QED) is 0.851. The molecule has 1 heterocycles. The van der Waals surface area contributed by atoms with Gasteiger partial charge in [-0.25, -0.2) is 8.78 Å². The molecule has 1 aromatic heterocycles. The molecule has 1 aromatic rings. The number of rotatable bonds is 4. The fourth-order valence-corrected chi connectivity index (χ4v) is 2.97. The predicted octanol–water partition coefficient (Wildman–Crippen LogP) is 2.30. The third kappa shape index (κ3) is 2.52. The van der Waals surface area contributed by atoms with E-state index in [0.29, 0.717) is 17.7 Å². The number of fused-ring (bicyclic) bond motifs is 2. The Morgan fingerprint density at radius 3 is 2.95 bits per heavy atom. The number of aromatic nitrogens is 2. The van der Waals surface area contributed by atoms with Crippen LogP contribution in [0.15, 0.2) is 24.4 Å². The summed E-state index contributed by atoms with van der Waals surface area (Å²) in [4.78, 5) is 12.1. The van der Waals surface area contributed by atoms with E-state index < -0.39 is 13.0 Å². The molecule has 6 heteroatoms. The zero-order valence-corrected chi connectivity index (χ0v) is 10.3. The van der Waals surface area contributed by atoms with Crippen LogP contribution in [0.4, 0.5) is 14.6 Å². The van der Waals surface area contributed by atoms with Crippen molar-refractivity contribution < 1.29 is 13.6 Å². The van der Waals surface area contributed by atoms with Crippen LogP contribution < -0.4 is 5.32 Å². The monoisotopic (exact) mass is 267 g/mol. The fraction of sp³-hybridized carbons (Fsp3) is 0.538. The maximum absolute atomic E-state index is 12.2. The number of hydrogen-bond donors (Lipinski definition) is 1. The summed E-state index contributed by atoms with van der Waals surface area (Å²) in [5.41, 5.74) is 0. The summed E-state index contributed by atoms with van der Waals surface area (Å²) in [5, 5.41) is 6.62. The minimum atomic E-state index is -2.45. The van der Waals surface area contributed by atoms with Gasteiger partial charge >= 0.3 is 0 Å². The van der Waals surface area contributed by atoms with Crippen molar-refractivity contribution in [2.75, 3.05) is 5.32 Å². The van der Waals surface area contributed by atoms with Gasteiger partial charge in [-0.05, 0) is 24.7 Å². The van der Waals surface area contributed by atoms with Crippen LogP contribution in [0.5, 0.6) is 0 Å². The molecule has 1 amide bonds. The number of halogens is 2. The highest BCUT2D eigenvalue weighted by Crippen LogP contribution is 2.43. The van der Waals surface area contributed by atoms with Gasteiger partial charge in [0.25, 0.3) is 6.43 Å². The van der Waals surface area contributed by atoms with Crippen molar-refractivity contribution in [3.63, 3.8) is 0 Å². The van der Waals surface area contributed by atoms with Gasteiger partial charge in [-0.2, -0.15) is 5.10 Å². The van der Waals surface area contributed by atoms with Crippen LogP contribution in [0, 0.1) is 17.8 Å². The summed E-state index contributed by atoms with van der Waals surface area (Å²) < 4.78 is 25.5. The first-order chi connectivity index (χ1) is 9.11. The van der Waals surface area contributed by atoms with Crippen LogP contribution in [0.3, 0.4) is 0 Å². The largest absolute Gasteiger partial charge is 0.309 e. The summed E-state index contributed by atoms with van der Waals surface area (Å²) in [6.07, 6.45) is 5.21. The molecule has 3 rings (SSSR count). The van der Waals surface area contributed by atoms with E-state index >= 15 is 0 Å². The zero-order valence-electron chi connectivity index (χ0n) is 10.3. The van der Waals surface area contributed by atoms with Gasteiger partial charge in [0.1, 0.15) is 6.54 Å². The molecule has 2 bridgehead atoms. The lowest BCUT2D eigenvalue weighted by Gasteiger charge is -2.16. The zero-order chi connectivity index (χ0) is 13.4. The molecule has 0 unspecified atom stereocenters. The van der Waals surface area contributed by atoms with Gasteiger partial charge in [0.15, 0.2) is 5.82 Å². The van der Waals surface area contributed by atoms with Crippen molar-refractivity contribution in [3.05, 3.63) is 24.4 Å². The molecular formula is C13H15F2N3O. The molecule has 19 heavy (non-hydrogen) atoms. The Morgan fingerprint density at radius 2 is 2.32 bits per heavy atom. The molecule has 2 aliphatic rings. The number of carbonyl (C=O) groups is 1. The van der Waals surface area contributed by atoms with E-state index in [0.717, 1.165) is 17.5 Å². The predicted molar refractivity (Wildman–Crippen MR) is 65.7 cm³/mol. The third-order valence-corrected chi connectivity index (χ3v) is 3.83. The highest BCUT2D eigenvalue weighted by molar-refractivity contribution is 5.92. The third-order valence-electron chi connectivity index (χ3n) is 3.83. The number of amides is 1. The number of hydrogen-bond acceptors (Lipinski definition) is 2. The van der Waals surface area contributed by atoms with Crippen LogP contribution >= 0.6 is 0 Å². The Labute approximate surface area is 109 Å². The minimum Gasteiger partial charge on any atom is -0.309 e. The lowest BCUT2D eigenvalue weighted by Crippen LogP contribution is -2.26. The number of nitrogens with one attached hydrogen (secondary N) is 1. The van der Waals surface area contributed by atoms with Crippen molar-refractivity contribution >= 4 is 11.7 Å². The van der Waals surface area contributed by atoms with Gasteiger partial charge in [0, 0.05) is 18.2 Å². The molecule has 0 aliphatic heterocycles. The lowest BCUT2D eigenvalue weighted by molar-refractivity contribution is -0.120.